The van der Waals surface area contributed by atoms with Crippen molar-refractivity contribution in [3.8, 4) is 0 Å². The Hall–Kier alpha value is -3.19. The van der Waals surface area contributed by atoms with E-state index in [1.807, 2.05) is 16.3 Å². The molecule has 154 valence electrons. The molecule has 4 rings (SSSR count). The third-order valence-corrected chi connectivity index (χ3v) is 5.96. The van der Waals surface area contributed by atoms with Crippen molar-refractivity contribution in [1.29, 1.82) is 0 Å². The number of hydrogen-bond acceptors (Lipinski definition) is 4. The van der Waals surface area contributed by atoms with Crippen LogP contribution in [0.4, 0.5) is 15.8 Å². The number of amides is 2. The molecule has 2 heterocycles. The van der Waals surface area contributed by atoms with Gasteiger partial charge in [-0.1, -0.05) is 12.1 Å². The van der Waals surface area contributed by atoms with E-state index in [4.69, 9.17) is 0 Å². The molecule has 0 aliphatic carbocycles. The lowest BCUT2D eigenvalue weighted by atomic mass is 10.1. The van der Waals surface area contributed by atoms with Gasteiger partial charge in [0.2, 0.25) is 0 Å². The van der Waals surface area contributed by atoms with Crippen LogP contribution in [0.15, 0.2) is 66.0 Å². The number of carbonyl (C=O) groups excluding carboxylic acids is 2. The van der Waals surface area contributed by atoms with E-state index >= 15 is 0 Å². The first-order valence-electron chi connectivity index (χ1n) is 9.85. The van der Waals surface area contributed by atoms with Gasteiger partial charge in [0.05, 0.1) is 4.88 Å². The Kier molecular flexibility index (Phi) is 6.09. The van der Waals surface area contributed by atoms with Gasteiger partial charge < -0.3 is 15.1 Å². The van der Waals surface area contributed by atoms with Gasteiger partial charge in [-0.2, -0.15) is 0 Å². The number of hydrogen-bond donors (Lipinski definition) is 1. The summed E-state index contributed by atoms with van der Waals surface area (Å²) in [4.78, 5) is 30.0. The Balaban J connectivity index is 1.41. The fourth-order valence-corrected chi connectivity index (χ4v) is 4.16. The minimum absolute atomic E-state index is 0.0526. The van der Waals surface area contributed by atoms with Crippen LogP contribution in [0.25, 0.3) is 0 Å². The summed E-state index contributed by atoms with van der Waals surface area (Å²) in [6.45, 7) is 2.74. The summed E-state index contributed by atoms with van der Waals surface area (Å²) in [5.41, 5.74) is 2.11. The summed E-state index contributed by atoms with van der Waals surface area (Å²) in [7, 11) is 0. The predicted octanol–water partition coefficient (Wildman–Crippen LogP) is 4.49. The summed E-state index contributed by atoms with van der Waals surface area (Å²) >= 11 is 1.37. The lowest BCUT2D eigenvalue weighted by Crippen LogP contribution is -2.35. The van der Waals surface area contributed by atoms with Gasteiger partial charge in [0, 0.05) is 43.1 Å². The van der Waals surface area contributed by atoms with Crippen molar-refractivity contribution in [2.24, 2.45) is 0 Å². The molecule has 0 spiro atoms. The van der Waals surface area contributed by atoms with E-state index in [-0.39, 0.29) is 17.6 Å². The van der Waals surface area contributed by atoms with Crippen LogP contribution < -0.4 is 10.2 Å². The van der Waals surface area contributed by atoms with Crippen molar-refractivity contribution >= 4 is 34.5 Å². The Morgan fingerprint density at radius 3 is 2.53 bits per heavy atom. The average Bonchev–Trinajstić information content (AvgIpc) is 3.19. The SMILES string of the molecule is O=C(Nc1cccc(C(=O)N2CCCN(c3ccc(F)cc3)CC2)c1)c1cccs1. The molecule has 7 heteroatoms. The molecule has 0 unspecified atom stereocenters. The molecule has 0 atom stereocenters. The molecule has 0 bridgehead atoms. The van der Waals surface area contributed by atoms with Gasteiger partial charge in [0.25, 0.3) is 11.8 Å². The highest BCUT2D eigenvalue weighted by Crippen LogP contribution is 2.20. The van der Waals surface area contributed by atoms with E-state index in [0.29, 0.717) is 35.8 Å². The largest absolute Gasteiger partial charge is 0.370 e. The molecule has 2 aromatic carbocycles. The van der Waals surface area contributed by atoms with Crippen molar-refractivity contribution in [2.45, 2.75) is 6.42 Å². The molecule has 1 fully saturated rings. The number of benzene rings is 2. The number of thiophene rings is 1. The molecular formula is C23H22FN3O2S. The first-order chi connectivity index (χ1) is 14.6. The highest BCUT2D eigenvalue weighted by atomic mass is 32.1. The first-order valence-corrected chi connectivity index (χ1v) is 10.7. The van der Waals surface area contributed by atoms with E-state index in [0.717, 1.165) is 18.7 Å². The molecule has 1 aromatic heterocycles. The Bertz CT molecular complexity index is 1020. The zero-order chi connectivity index (χ0) is 20.9. The third-order valence-electron chi connectivity index (χ3n) is 5.09. The number of carbonyl (C=O) groups is 2. The van der Waals surface area contributed by atoms with E-state index in [9.17, 15) is 14.0 Å². The molecule has 0 radical (unpaired) electrons. The Labute approximate surface area is 178 Å². The van der Waals surface area contributed by atoms with Gasteiger partial charge in [0.1, 0.15) is 5.82 Å². The second kappa shape index (κ2) is 9.09. The second-order valence-corrected chi connectivity index (χ2v) is 8.07. The summed E-state index contributed by atoms with van der Waals surface area (Å²) in [6, 6.07) is 17.1. The van der Waals surface area contributed by atoms with Crippen LogP contribution in [0, 0.1) is 5.82 Å². The van der Waals surface area contributed by atoms with Crippen LogP contribution in [0.1, 0.15) is 26.5 Å². The fraction of sp³-hybridized carbons (Fsp3) is 0.217. The fourth-order valence-electron chi connectivity index (χ4n) is 3.54. The molecule has 30 heavy (non-hydrogen) atoms. The maximum absolute atomic E-state index is 13.2. The average molecular weight is 424 g/mol. The van der Waals surface area contributed by atoms with E-state index in [2.05, 4.69) is 10.2 Å². The lowest BCUT2D eigenvalue weighted by molar-refractivity contribution is 0.0766. The smallest absolute Gasteiger partial charge is 0.265 e. The van der Waals surface area contributed by atoms with Gasteiger partial charge in [-0.25, -0.2) is 4.39 Å². The van der Waals surface area contributed by atoms with Crippen molar-refractivity contribution < 1.29 is 14.0 Å². The summed E-state index contributed by atoms with van der Waals surface area (Å²) in [5.74, 6) is -0.487. The third kappa shape index (κ3) is 4.68. The zero-order valence-electron chi connectivity index (χ0n) is 16.4. The van der Waals surface area contributed by atoms with Gasteiger partial charge >= 0.3 is 0 Å². The van der Waals surface area contributed by atoms with E-state index in [1.54, 1.807) is 42.5 Å². The van der Waals surface area contributed by atoms with Gasteiger partial charge in [-0.3, -0.25) is 9.59 Å². The highest BCUT2D eigenvalue weighted by Gasteiger charge is 2.21. The monoisotopic (exact) mass is 423 g/mol. The molecule has 1 N–H and O–H groups in total. The molecule has 3 aromatic rings. The Morgan fingerprint density at radius 2 is 1.77 bits per heavy atom. The first kappa shape index (κ1) is 20.1. The van der Waals surface area contributed by atoms with Crippen molar-refractivity contribution in [3.63, 3.8) is 0 Å². The number of anilines is 2. The summed E-state index contributed by atoms with van der Waals surface area (Å²) in [5, 5.41) is 4.70. The van der Waals surface area contributed by atoms with Crippen molar-refractivity contribution in [2.75, 3.05) is 36.4 Å². The number of rotatable bonds is 4. The Morgan fingerprint density at radius 1 is 0.933 bits per heavy atom. The van der Waals surface area contributed by atoms with Crippen LogP contribution in [0.3, 0.4) is 0 Å². The molecule has 5 nitrogen and oxygen atoms in total. The van der Waals surface area contributed by atoms with E-state index in [1.165, 1.54) is 23.5 Å². The van der Waals surface area contributed by atoms with Gasteiger partial charge in [-0.15, -0.1) is 11.3 Å². The van der Waals surface area contributed by atoms with Crippen molar-refractivity contribution in [3.05, 3.63) is 82.3 Å². The number of halogens is 1. The van der Waals surface area contributed by atoms with Crippen LogP contribution in [0.5, 0.6) is 0 Å². The number of nitrogens with one attached hydrogen (secondary N) is 1. The second-order valence-electron chi connectivity index (χ2n) is 7.12. The minimum atomic E-state index is -0.253. The topological polar surface area (TPSA) is 52.7 Å². The molecule has 1 aliphatic heterocycles. The zero-order valence-corrected chi connectivity index (χ0v) is 17.2. The van der Waals surface area contributed by atoms with Gasteiger partial charge in [-0.05, 0) is 60.3 Å². The molecule has 1 aliphatic rings. The van der Waals surface area contributed by atoms with Crippen LogP contribution in [-0.2, 0) is 0 Å². The van der Waals surface area contributed by atoms with Gasteiger partial charge in [0.15, 0.2) is 0 Å². The van der Waals surface area contributed by atoms with Crippen LogP contribution in [-0.4, -0.2) is 42.9 Å². The maximum atomic E-state index is 13.2. The molecular weight excluding hydrogens is 401 g/mol. The normalized spacial score (nSPS) is 14.3. The highest BCUT2D eigenvalue weighted by molar-refractivity contribution is 7.12. The number of nitrogens with zero attached hydrogens (tertiary/aromatic N) is 2. The molecule has 0 saturated carbocycles. The standard InChI is InChI=1S/C23H22FN3O2S/c24-18-7-9-20(10-8-18)26-11-3-12-27(14-13-26)23(29)17-4-1-5-19(16-17)25-22(28)21-6-2-15-30-21/h1-2,4-10,15-16H,3,11-14H2,(H,25,28). The maximum Gasteiger partial charge on any atom is 0.265 e. The summed E-state index contributed by atoms with van der Waals surface area (Å²) in [6.07, 6.45) is 0.831. The van der Waals surface area contributed by atoms with Crippen molar-refractivity contribution in [1.82, 2.24) is 4.90 Å². The molecule has 1 saturated heterocycles. The predicted molar refractivity (Wildman–Crippen MR) is 118 cm³/mol. The quantitative estimate of drug-likeness (QED) is 0.673. The van der Waals surface area contributed by atoms with Crippen LogP contribution >= 0.6 is 11.3 Å². The molecule has 2 amide bonds. The minimum Gasteiger partial charge on any atom is -0.370 e. The lowest BCUT2D eigenvalue weighted by Gasteiger charge is -2.24. The summed E-state index contributed by atoms with van der Waals surface area (Å²) < 4.78 is 13.2. The van der Waals surface area contributed by atoms with Crippen LogP contribution in [0.2, 0.25) is 0 Å². The van der Waals surface area contributed by atoms with E-state index < -0.39 is 0 Å².